The van der Waals surface area contributed by atoms with Gasteiger partial charge in [0.2, 0.25) is 5.76 Å². The van der Waals surface area contributed by atoms with E-state index in [0.717, 1.165) is 18.5 Å². The van der Waals surface area contributed by atoms with E-state index in [1.807, 2.05) is 0 Å². The number of nitrogens with one attached hydrogen (secondary N) is 1. The molecule has 0 aromatic carbocycles. The van der Waals surface area contributed by atoms with E-state index in [4.69, 9.17) is 9.26 Å². The first-order valence-electron chi connectivity index (χ1n) is 8.62. The van der Waals surface area contributed by atoms with Crippen molar-refractivity contribution in [3.63, 3.8) is 0 Å². The molecule has 7 nitrogen and oxygen atoms in total. The summed E-state index contributed by atoms with van der Waals surface area (Å²) in [5.74, 6) is -1.50. The van der Waals surface area contributed by atoms with Gasteiger partial charge < -0.3 is 19.7 Å². The summed E-state index contributed by atoms with van der Waals surface area (Å²) in [7, 11) is 0. The maximum absolute atomic E-state index is 12.2. The van der Waals surface area contributed by atoms with Crippen LogP contribution in [0, 0.1) is 11.8 Å². The molecule has 1 aromatic heterocycles. The number of rotatable bonds is 8. The molecule has 1 fully saturated rings. The molecule has 7 heteroatoms. The van der Waals surface area contributed by atoms with E-state index in [-0.39, 0.29) is 24.1 Å². The van der Waals surface area contributed by atoms with Crippen LogP contribution in [0.4, 0.5) is 0 Å². The Kier molecular flexibility index (Phi) is 6.78. The fraction of sp³-hybridized carbons (Fsp3) is 0.706. The third-order valence-electron chi connectivity index (χ3n) is 4.79. The zero-order chi connectivity index (χ0) is 17.5. The molecule has 2 heterocycles. The zero-order valence-electron chi connectivity index (χ0n) is 14.3. The predicted molar refractivity (Wildman–Crippen MR) is 86.8 cm³/mol. The van der Waals surface area contributed by atoms with E-state index in [0.29, 0.717) is 26.1 Å². The van der Waals surface area contributed by atoms with Crippen molar-refractivity contribution in [1.82, 2.24) is 10.5 Å². The van der Waals surface area contributed by atoms with Crippen LogP contribution >= 0.6 is 0 Å². The van der Waals surface area contributed by atoms with Gasteiger partial charge in [0.15, 0.2) is 0 Å². The molecule has 1 aliphatic rings. The second-order valence-corrected chi connectivity index (χ2v) is 6.23. The van der Waals surface area contributed by atoms with E-state index in [2.05, 4.69) is 24.3 Å². The van der Waals surface area contributed by atoms with Gasteiger partial charge >= 0.3 is 5.97 Å². The van der Waals surface area contributed by atoms with Gasteiger partial charge in [0.1, 0.15) is 0 Å². The van der Waals surface area contributed by atoms with Gasteiger partial charge in [-0.3, -0.25) is 9.59 Å². The van der Waals surface area contributed by atoms with Crippen LogP contribution in [0.3, 0.4) is 0 Å². The average molecular weight is 338 g/mol. The van der Waals surface area contributed by atoms with E-state index in [1.54, 1.807) is 6.07 Å². The maximum Gasteiger partial charge on any atom is 0.308 e. The molecule has 1 atom stereocenters. The van der Waals surface area contributed by atoms with Gasteiger partial charge in [0, 0.05) is 31.7 Å². The molecule has 1 saturated heterocycles. The number of hydrogen-bond acceptors (Lipinski definition) is 5. The normalized spacial score (nSPS) is 17.0. The fourth-order valence-electron chi connectivity index (χ4n) is 3.16. The largest absolute Gasteiger partial charge is 0.481 e. The third-order valence-corrected chi connectivity index (χ3v) is 4.79. The topological polar surface area (TPSA) is 102 Å². The number of carboxylic acid groups (broad SMARTS) is 1. The SMILES string of the molecule is CCC(CC)c1cc(C(=O)NCC(C(=O)O)C2CCOCC2)on1. The fourth-order valence-corrected chi connectivity index (χ4v) is 3.16. The van der Waals surface area contributed by atoms with Crippen molar-refractivity contribution in [2.45, 2.75) is 45.4 Å². The number of aromatic nitrogens is 1. The highest BCUT2D eigenvalue weighted by Crippen LogP contribution is 2.24. The van der Waals surface area contributed by atoms with Crippen molar-refractivity contribution in [3.05, 3.63) is 17.5 Å². The number of carbonyl (C=O) groups is 2. The summed E-state index contributed by atoms with van der Waals surface area (Å²) in [5, 5.41) is 16.1. The Hall–Kier alpha value is -1.89. The summed E-state index contributed by atoms with van der Waals surface area (Å²) in [6.07, 6.45) is 3.26. The summed E-state index contributed by atoms with van der Waals surface area (Å²) in [6.45, 7) is 5.36. The van der Waals surface area contributed by atoms with Crippen molar-refractivity contribution < 1.29 is 24.0 Å². The van der Waals surface area contributed by atoms with Gasteiger partial charge in [-0.15, -0.1) is 0 Å². The summed E-state index contributed by atoms with van der Waals surface area (Å²) in [5.41, 5.74) is 0.768. The van der Waals surface area contributed by atoms with Crippen LogP contribution in [0.1, 0.15) is 61.7 Å². The molecule has 1 aromatic rings. The Morgan fingerprint density at radius 1 is 1.33 bits per heavy atom. The Balaban J connectivity index is 1.94. The molecule has 0 saturated carbocycles. The standard InChI is InChI=1S/C17H26N2O5/c1-3-11(4-2)14-9-15(24-19-14)16(20)18-10-13(17(21)22)12-5-7-23-8-6-12/h9,11-13H,3-8,10H2,1-2H3,(H,18,20)(H,21,22). The average Bonchev–Trinajstić information content (AvgIpc) is 3.06. The monoisotopic (exact) mass is 338 g/mol. The molecule has 0 radical (unpaired) electrons. The number of aliphatic carboxylic acids is 1. The molecule has 1 aliphatic heterocycles. The second kappa shape index (κ2) is 8.82. The number of ether oxygens (including phenoxy) is 1. The molecular weight excluding hydrogens is 312 g/mol. The molecule has 0 spiro atoms. The molecule has 134 valence electrons. The quantitative estimate of drug-likeness (QED) is 0.755. The van der Waals surface area contributed by atoms with Crippen molar-refractivity contribution in [2.24, 2.45) is 11.8 Å². The predicted octanol–water partition coefficient (Wildman–Crippen LogP) is 2.44. The Labute approximate surface area is 141 Å². The van der Waals surface area contributed by atoms with E-state index < -0.39 is 17.8 Å². The maximum atomic E-state index is 12.2. The number of carbonyl (C=O) groups excluding carboxylic acids is 1. The molecule has 1 unspecified atom stereocenters. The van der Waals surface area contributed by atoms with Crippen LogP contribution in [-0.4, -0.2) is 41.9 Å². The molecule has 1 amide bonds. The summed E-state index contributed by atoms with van der Waals surface area (Å²) >= 11 is 0. The first-order valence-corrected chi connectivity index (χ1v) is 8.62. The highest BCUT2D eigenvalue weighted by molar-refractivity contribution is 5.91. The Morgan fingerprint density at radius 3 is 2.58 bits per heavy atom. The lowest BCUT2D eigenvalue weighted by Gasteiger charge is -2.27. The number of nitrogens with zero attached hydrogens (tertiary/aromatic N) is 1. The first-order chi connectivity index (χ1) is 11.6. The van der Waals surface area contributed by atoms with E-state index in [9.17, 15) is 14.7 Å². The Bertz CT molecular complexity index is 547. The summed E-state index contributed by atoms with van der Waals surface area (Å²) < 4.78 is 10.4. The highest BCUT2D eigenvalue weighted by Gasteiger charge is 2.30. The molecule has 24 heavy (non-hydrogen) atoms. The molecule has 0 aliphatic carbocycles. The summed E-state index contributed by atoms with van der Waals surface area (Å²) in [6, 6.07) is 1.65. The van der Waals surface area contributed by atoms with Gasteiger partial charge in [-0.2, -0.15) is 0 Å². The lowest BCUT2D eigenvalue weighted by atomic mass is 9.86. The van der Waals surface area contributed by atoms with Gasteiger partial charge in [-0.25, -0.2) is 0 Å². The molecule has 2 N–H and O–H groups in total. The van der Waals surface area contributed by atoms with Gasteiger partial charge in [-0.1, -0.05) is 19.0 Å². The van der Waals surface area contributed by atoms with Crippen LogP contribution in [0.5, 0.6) is 0 Å². The lowest BCUT2D eigenvalue weighted by molar-refractivity contribution is -0.144. The van der Waals surface area contributed by atoms with Crippen molar-refractivity contribution in [3.8, 4) is 0 Å². The number of hydrogen-bond donors (Lipinski definition) is 2. The van der Waals surface area contributed by atoms with Gasteiger partial charge in [-0.05, 0) is 31.6 Å². The molecular formula is C17H26N2O5. The minimum absolute atomic E-state index is 0.0198. The van der Waals surface area contributed by atoms with Gasteiger partial charge in [0.25, 0.3) is 5.91 Å². The Morgan fingerprint density at radius 2 is 2.00 bits per heavy atom. The third kappa shape index (κ3) is 4.56. The number of carboxylic acids is 1. The van der Waals surface area contributed by atoms with Crippen LogP contribution < -0.4 is 5.32 Å². The van der Waals surface area contributed by atoms with E-state index >= 15 is 0 Å². The molecule has 0 bridgehead atoms. The second-order valence-electron chi connectivity index (χ2n) is 6.23. The van der Waals surface area contributed by atoms with Crippen LogP contribution in [-0.2, 0) is 9.53 Å². The summed E-state index contributed by atoms with van der Waals surface area (Å²) in [4.78, 5) is 23.7. The van der Waals surface area contributed by atoms with Crippen molar-refractivity contribution in [1.29, 1.82) is 0 Å². The first kappa shape index (κ1) is 18.4. The minimum Gasteiger partial charge on any atom is -0.481 e. The highest BCUT2D eigenvalue weighted by atomic mass is 16.5. The van der Waals surface area contributed by atoms with Gasteiger partial charge in [0.05, 0.1) is 11.6 Å². The zero-order valence-corrected chi connectivity index (χ0v) is 14.3. The van der Waals surface area contributed by atoms with Crippen molar-refractivity contribution in [2.75, 3.05) is 19.8 Å². The molecule has 2 rings (SSSR count). The van der Waals surface area contributed by atoms with Crippen molar-refractivity contribution >= 4 is 11.9 Å². The van der Waals surface area contributed by atoms with Crippen LogP contribution in [0.2, 0.25) is 0 Å². The smallest absolute Gasteiger partial charge is 0.308 e. The number of amides is 1. The lowest BCUT2D eigenvalue weighted by Crippen LogP contribution is -2.38. The minimum atomic E-state index is -0.891. The van der Waals surface area contributed by atoms with Crippen LogP contribution in [0.25, 0.3) is 0 Å². The van der Waals surface area contributed by atoms with E-state index in [1.165, 1.54) is 0 Å². The van der Waals surface area contributed by atoms with Crippen LogP contribution in [0.15, 0.2) is 10.6 Å².